The van der Waals surface area contributed by atoms with E-state index in [-0.39, 0.29) is 5.60 Å². The molecule has 1 fully saturated rings. The average molecular weight is 213 g/mol. The van der Waals surface area contributed by atoms with E-state index in [1.165, 1.54) is 12.8 Å². The Bertz CT molecular complexity index is 201. The lowest BCUT2D eigenvalue weighted by atomic mass is 9.64. The molecule has 1 rings (SSSR count). The summed E-state index contributed by atoms with van der Waals surface area (Å²) in [6, 6.07) is 0. The summed E-state index contributed by atoms with van der Waals surface area (Å²) in [6.07, 6.45) is 4.60. The Kier molecular flexibility index (Phi) is 4.19. The van der Waals surface area contributed by atoms with Gasteiger partial charge in [-0.25, -0.2) is 0 Å². The molecule has 15 heavy (non-hydrogen) atoms. The summed E-state index contributed by atoms with van der Waals surface area (Å²) in [4.78, 5) is 0. The molecule has 0 aliphatic carbocycles. The quantitative estimate of drug-likeness (QED) is 0.779. The van der Waals surface area contributed by atoms with E-state index >= 15 is 0 Å². The van der Waals surface area contributed by atoms with E-state index in [1.54, 1.807) is 0 Å². The van der Waals surface area contributed by atoms with Crippen molar-refractivity contribution in [1.29, 1.82) is 0 Å². The summed E-state index contributed by atoms with van der Waals surface area (Å²) >= 11 is 0. The SMILES string of the molecule is CC[C@]1(C)C[C@](CCN)(C(C)C)CCO1. The minimum Gasteiger partial charge on any atom is -0.375 e. The molecule has 2 atom stereocenters. The van der Waals surface area contributed by atoms with Gasteiger partial charge in [-0.05, 0) is 50.5 Å². The van der Waals surface area contributed by atoms with Crippen LogP contribution in [0.3, 0.4) is 0 Å². The lowest BCUT2D eigenvalue weighted by Gasteiger charge is -2.48. The summed E-state index contributed by atoms with van der Waals surface area (Å²) in [6.45, 7) is 10.8. The lowest BCUT2D eigenvalue weighted by Crippen LogP contribution is -2.46. The van der Waals surface area contributed by atoms with Crippen LogP contribution in [-0.2, 0) is 4.74 Å². The standard InChI is InChI=1S/C13H27NO/c1-5-12(4)10-13(6-8-14,11(2)3)7-9-15-12/h11H,5-10,14H2,1-4H3/t12-,13-/m1/s1. The smallest absolute Gasteiger partial charge is 0.0657 e. The van der Waals surface area contributed by atoms with Crippen molar-refractivity contribution >= 4 is 0 Å². The minimum atomic E-state index is 0.0810. The largest absolute Gasteiger partial charge is 0.375 e. The first-order chi connectivity index (χ1) is 6.98. The highest BCUT2D eigenvalue weighted by molar-refractivity contribution is 4.93. The van der Waals surface area contributed by atoms with Crippen LogP contribution in [0.2, 0.25) is 0 Å². The fourth-order valence-electron chi connectivity index (χ4n) is 2.89. The van der Waals surface area contributed by atoms with Crippen molar-refractivity contribution in [2.75, 3.05) is 13.2 Å². The first kappa shape index (κ1) is 13.0. The Morgan fingerprint density at radius 2 is 2.07 bits per heavy atom. The van der Waals surface area contributed by atoms with Crippen LogP contribution in [0.5, 0.6) is 0 Å². The van der Waals surface area contributed by atoms with Gasteiger partial charge in [-0.15, -0.1) is 0 Å². The average Bonchev–Trinajstić information content (AvgIpc) is 2.18. The lowest BCUT2D eigenvalue weighted by molar-refractivity contribution is -0.132. The Balaban J connectivity index is 2.80. The summed E-state index contributed by atoms with van der Waals surface area (Å²) in [5, 5.41) is 0. The molecule has 0 radical (unpaired) electrons. The molecule has 1 heterocycles. The number of hydrogen-bond acceptors (Lipinski definition) is 2. The Labute approximate surface area is 94.6 Å². The van der Waals surface area contributed by atoms with Gasteiger partial charge in [-0.3, -0.25) is 0 Å². The number of hydrogen-bond donors (Lipinski definition) is 1. The second kappa shape index (κ2) is 4.84. The van der Waals surface area contributed by atoms with Gasteiger partial charge >= 0.3 is 0 Å². The summed E-state index contributed by atoms with van der Waals surface area (Å²) in [7, 11) is 0. The third-order valence-corrected chi connectivity index (χ3v) is 4.39. The molecule has 0 unspecified atom stereocenters. The monoisotopic (exact) mass is 213 g/mol. The van der Waals surface area contributed by atoms with Crippen LogP contribution in [0.25, 0.3) is 0 Å². The van der Waals surface area contributed by atoms with Gasteiger partial charge in [0.25, 0.3) is 0 Å². The summed E-state index contributed by atoms with van der Waals surface area (Å²) < 4.78 is 5.93. The molecule has 0 aromatic heterocycles. The van der Waals surface area contributed by atoms with Crippen molar-refractivity contribution in [2.24, 2.45) is 17.1 Å². The van der Waals surface area contributed by atoms with Crippen LogP contribution in [0.4, 0.5) is 0 Å². The molecule has 0 aromatic carbocycles. The van der Waals surface area contributed by atoms with Crippen molar-refractivity contribution in [2.45, 2.75) is 59.0 Å². The summed E-state index contributed by atoms with van der Waals surface area (Å²) in [5.74, 6) is 0.704. The van der Waals surface area contributed by atoms with Gasteiger partial charge in [-0.1, -0.05) is 20.8 Å². The predicted molar refractivity (Wildman–Crippen MR) is 64.8 cm³/mol. The van der Waals surface area contributed by atoms with Crippen molar-refractivity contribution in [3.8, 4) is 0 Å². The van der Waals surface area contributed by atoms with E-state index in [9.17, 15) is 0 Å². The molecule has 0 bridgehead atoms. The van der Waals surface area contributed by atoms with Gasteiger partial charge in [0.2, 0.25) is 0 Å². The molecular formula is C13H27NO. The summed E-state index contributed by atoms with van der Waals surface area (Å²) in [5.41, 5.74) is 6.27. The molecule has 0 amide bonds. The van der Waals surface area contributed by atoms with Gasteiger partial charge in [0.15, 0.2) is 0 Å². The van der Waals surface area contributed by atoms with E-state index in [1.807, 2.05) is 0 Å². The van der Waals surface area contributed by atoms with E-state index in [0.29, 0.717) is 11.3 Å². The molecule has 0 aromatic rings. The molecule has 0 spiro atoms. The fraction of sp³-hybridized carbons (Fsp3) is 1.00. The Morgan fingerprint density at radius 3 is 2.53 bits per heavy atom. The molecule has 0 saturated carbocycles. The van der Waals surface area contributed by atoms with Gasteiger partial charge in [0.1, 0.15) is 0 Å². The van der Waals surface area contributed by atoms with Gasteiger partial charge < -0.3 is 10.5 Å². The van der Waals surface area contributed by atoms with Crippen LogP contribution in [0.15, 0.2) is 0 Å². The highest BCUT2D eigenvalue weighted by Gasteiger charge is 2.43. The van der Waals surface area contributed by atoms with Gasteiger partial charge in [-0.2, -0.15) is 0 Å². The molecule has 2 nitrogen and oxygen atoms in total. The second-order valence-corrected chi connectivity index (χ2v) is 5.63. The first-order valence-electron chi connectivity index (χ1n) is 6.32. The first-order valence-corrected chi connectivity index (χ1v) is 6.32. The predicted octanol–water partition coefficient (Wildman–Crippen LogP) is 2.96. The second-order valence-electron chi connectivity index (χ2n) is 5.63. The maximum absolute atomic E-state index is 5.93. The van der Waals surface area contributed by atoms with Crippen LogP contribution in [-0.4, -0.2) is 18.8 Å². The third kappa shape index (κ3) is 2.73. The molecule has 1 saturated heterocycles. The Morgan fingerprint density at radius 1 is 1.40 bits per heavy atom. The van der Waals surface area contributed by atoms with Crippen molar-refractivity contribution in [1.82, 2.24) is 0 Å². The van der Waals surface area contributed by atoms with Crippen molar-refractivity contribution in [3.05, 3.63) is 0 Å². The van der Waals surface area contributed by atoms with E-state index in [4.69, 9.17) is 10.5 Å². The van der Waals surface area contributed by atoms with E-state index < -0.39 is 0 Å². The van der Waals surface area contributed by atoms with Crippen molar-refractivity contribution in [3.63, 3.8) is 0 Å². The molecule has 90 valence electrons. The van der Waals surface area contributed by atoms with Gasteiger partial charge in [0.05, 0.1) is 5.60 Å². The third-order valence-electron chi connectivity index (χ3n) is 4.39. The van der Waals surface area contributed by atoms with Gasteiger partial charge in [0, 0.05) is 6.61 Å². The van der Waals surface area contributed by atoms with Crippen LogP contribution >= 0.6 is 0 Å². The van der Waals surface area contributed by atoms with Crippen molar-refractivity contribution < 1.29 is 4.74 Å². The maximum Gasteiger partial charge on any atom is 0.0657 e. The maximum atomic E-state index is 5.93. The molecule has 2 N–H and O–H groups in total. The van der Waals surface area contributed by atoms with Crippen LogP contribution < -0.4 is 5.73 Å². The van der Waals surface area contributed by atoms with E-state index in [0.717, 1.165) is 26.0 Å². The zero-order valence-corrected chi connectivity index (χ0v) is 10.8. The van der Waals surface area contributed by atoms with Crippen LogP contribution in [0, 0.1) is 11.3 Å². The van der Waals surface area contributed by atoms with Crippen LogP contribution in [0.1, 0.15) is 53.4 Å². The number of rotatable bonds is 4. The van der Waals surface area contributed by atoms with E-state index in [2.05, 4.69) is 27.7 Å². The Hall–Kier alpha value is -0.0800. The molecule has 1 aliphatic heterocycles. The fourth-order valence-corrected chi connectivity index (χ4v) is 2.89. The topological polar surface area (TPSA) is 35.2 Å². The minimum absolute atomic E-state index is 0.0810. The number of nitrogens with two attached hydrogens (primary N) is 1. The zero-order valence-electron chi connectivity index (χ0n) is 10.8. The molecule has 2 heteroatoms. The highest BCUT2D eigenvalue weighted by atomic mass is 16.5. The molecule has 1 aliphatic rings. The highest BCUT2D eigenvalue weighted by Crippen LogP contribution is 2.47. The normalized spacial score (nSPS) is 37.2. The molecular weight excluding hydrogens is 186 g/mol. The zero-order chi connectivity index (χ0) is 11.5. The number of ether oxygens (including phenoxy) is 1.